The molecule has 0 aromatic carbocycles. The smallest absolute Gasteiger partial charge is 0.410 e. The quantitative estimate of drug-likeness (QED) is 0.0794. The van der Waals surface area contributed by atoms with Crippen molar-refractivity contribution >= 4 is 12.1 Å². The van der Waals surface area contributed by atoms with Crippen molar-refractivity contribution in [3.8, 4) is 0 Å². The Kier molecular flexibility index (Phi) is 15.2. The first kappa shape index (κ1) is 41.5. The Bertz CT molecular complexity index is 1220. The van der Waals surface area contributed by atoms with Crippen LogP contribution in [0.15, 0.2) is 36.0 Å². The molecule has 0 aromatic rings. The second-order valence-corrected chi connectivity index (χ2v) is 16.2. The number of nitrogens with zero attached hydrogens (tertiary/aromatic N) is 2. The van der Waals surface area contributed by atoms with Gasteiger partial charge in [-0.1, -0.05) is 70.8 Å². The lowest BCUT2D eigenvalue weighted by Crippen LogP contribution is -2.53. The van der Waals surface area contributed by atoms with Crippen LogP contribution in [-0.4, -0.2) is 122 Å². The fourth-order valence-electron chi connectivity index (χ4n) is 7.88. The summed E-state index contributed by atoms with van der Waals surface area (Å²) < 4.78 is 17.7. The molecule has 4 N–H and O–H groups in total. The van der Waals surface area contributed by atoms with Crippen molar-refractivity contribution in [2.75, 3.05) is 26.2 Å². The molecular formula is C40H66N2O9. The van der Waals surface area contributed by atoms with Gasteiger partial charge in [-0.05, 0) is 64.5 Å². The van der Waals surface area contributed by atoms with Crippen LogP contribution >= 0.6 is 0 Å². The molecule has 10 atom stereocenters. The van der Waals surface area contributed by atoms with E-state index in [0.29, 0.717) is 37.5 Å². The Morgan fingerprint density at radius 1 is 1.14 bits per heavy atom. The molecule has 1 amide bonds. The molecule has 2 saturated heterocycles. The molecule has 3 heterocycles. The van der Waals surface area contributed by atoms with Gasteiger partial charge in [0, 0.05) is 50.5 Å². The van der Waals surface area contributed by atoms with E-state index in [4.69, 9.17) is 14.2 Å². The molecule has 2 unspecified atom stereocenters. The SMILES string of the molecule is CC[C@H](O)[C@@H](C)C1O[C@@H]1C[C@@](C)(O)/C=C/C=C(\C)C1OC(=O)C[C@H](O)CC[C@@](C)(O)[C@@H](OC(=O)N2CCN(C3CCCCCC3)CC2)/C=C/[C@@H]1C. The van der Waals surface area contributed by atoms with E-state index in [1.54, 1.807) is 49.1 Å². The summed E-state index contributed by atoms with van der Waals surface area (Å²) in [5, 5.41) is 43.4. The molecule has 0 spiro atoms. The molecular weight excluding hydrogens is 652 g/mol. The number of aliphatic hydroxyl groups excluding tert-OH is 2. The third-order valence-corrected chi connectivity index (χ3v) is 11.5. The number of rotatable bonds is 10. The molecule has 290 valence electrons. The van der Waals surface area contributed by atoms with E-state index >= 15 is 0 Å². The monoisotopic (exact) mass is 718 g/mol. The molecule has 3 aliphatic heterocycles. The number of hydrogen-bond donors (Lipinski definition) is 4. The van der Waals surface area contributed by atoms with Crippen LogP contribution in [0.3, 0.4) is 0 Å². The van der Waals surface area contributed by atoms with Crippen LogP contribution in [0, 0.1) is 11.8 Å². The zero-order chi connectivity index (χ0) is 37.3. The van der Waals surface area contributed by atoms with E-state index < -0.39 is 47.7 Å². The first-order valence-electron chi connectivity index (χ1n) is 19.5. The summed E-state index contributed by atoms with van der Waals surface area (Å²) >= 11 is 0. The Morgan fingerprint density at radius 3 is 2.45 bits per heavy atom. The predicted molar refractivity (Wildman–Crippen MR) is 196 cm³/mol. The summed E-state index contributed by atoms with van der Waals surface area (Å²) in [7, 11) is 0. The maximum atomic E-state index is 13.5. The molecule has 1 aliphatic carbocycles. The molecule has 4 rings (SSSR count). The van der Waals surface area contributed by atoms with Gasteiger partial charge in [0.2, 0.25) is 0 Å². The Morgan fingerprint density at radius 2 is 1.80 bits per heavy atom. The summed E-state index contributed by atoms with van der Waals surface area (Å²) in [6.07, 6.45) is 13.4. The van der Waals surface area contributed by atoms with Crippen molar-refractivity contribution in [3.05, 3.63) is 36.0 Å². The third-order valence-electron chi connectivity index (χ3n) is 11.5. The molecule has 51 heavy (non-hydrogen) atoms. The molecule has 0 bridgehead atoms. The molecule has 1 saturated carbocycles. The first-order chi connectivity index (χ1) is 24.1. The van der Waals surface area contributed by atoms with Crippen LogP contribution in [0.5, 0.6) is 0 Å². The van der Waals surface area contributed by atoms with Gasteiger partial charge >= 0.3 is 12.1 Å². The van der Waals surface area contributed by atoms with Gasteiger partial charge < -0.3 is 39.5 Å². The maximum Gasteiger partial charge on any atom is 0.410 e. The van der Waals surface area contributed by atoms with E-state index in [2.05, 4.69) is 4.90 Å². The number of epoxide rings is 1. The number of allylic oxidation sites excluding steroid dienone is 2. The van der Waals surface area contributed by atoms with E-state index in [0.717, 1.165) is 13.1 Å². The number of ether oxygens (including phenoxy) is 3. The molecule has 3 fully saturated rings. The summed E-state index contributed by atoms with van der Waals surface area (Å²) in [4.78, 5) is 30.6. The normalized spacial score (nSPS) is 35.5. The summed E-state index contributed by atoms with van der Waals surface area (Å²) in [6, 6.07) is 0.581. The number of cyclic esters (lactones) is 1. The van der Waals surface area contributed by atoms with Crippen LogP contribution in [0.2, 0.25) is 0 Å². The zero-order valence-electron chi connectivity index (χ0n) is 31.9. The number of esters is 1. The lowest BCUT2D eigenvalue weighted by molar-refractivity contribution is -0.151. The number of amides is 1. The number of hydrogen-bond acceptors (Lipinski definition) is 10. The average Bonchev–Trinajstić information content (AvgIpc) is 3.89. The van der Waals surface area contributed by atoms with Crippen molar-refractivity contribution < 1.29 is 44.2 Å². The molecule has 0 radical (unpaired) electrons. The Hall–Kier alpha value is -2.28. The topological polar surface area (TPSA) is 153 Å². The van der Waals surface area contributed by atoms with E-state index in [1.807, 2.05) is 27.7 Å². The third kappa shape index (κ3) is 12.4. The van der Waals surface area contributed by atoms with Crippen molar-refractivity contribution in [2.24, 2.45) is 11.8 Å². The predicted octanol–water partition coefficient (Wildman–Crippen LogP) is 5.05. The van der Waals surface area contributed by atoms with Crippen molar-refractivity contribution in [2.45, 2.75) is 166 Å². The summed E-state index contributed by atoms with van der Waals surface area (Å²) in [6.45, 7) is 13.7. The van der Waals surface area contributed by atoms with Crippen LogP contribution < -0.4 is 0 Å². The maximum absolute atomic E-state index is 13.5. The number of aliphatic hydroxyl groups is 4. The highest BCUT2D eigenvalue weighted by Gasteiger charge is 2.47. The van der Waals surface area contributed by atoms with Gasteiger partial charge in [-0.3, -0.25) is 9.69 Å². The van der Waals surface area contributed by atoms with Gasteiger partial charge in [0.1, 0.15) is 11.7 Å². The summed E-state index contributed by atoms with van der Waals surface area (Å²) in [5.41, 5.74) is -1.92. The fourth-order valence-corrected chi connectivity index (χ4v) is 7.88. The highest BCUT2D eigenvalue weighted by molar-refractivity contribution is 5.70. The molecule has 0 aromatic heterocycles. The van der Waals surface area contributed by atoms with E-state index in [9.17, 15) is 30.0 Å². The highest BCUT2D eigenvalue weighted by Crippen LogP contribution is 2.37. The first-order valence-corrected chi connectivity index (χ1v) is 19.5. The lowest BCUT2D eigenvalue weighted by atomic mass is 9.88. The number of carbonyl (C=O) groups is 2. The Balaban J connectivity index is 1.42. The van der Waals surface area contributed by atoms with E-state index in [1.165, 1.54) is 38.5 Å². The largest absolute Gasteiger partial charge is 0.457 e. The summed E-state index contributed by atoms with van der Waals surface area (Å²) in [5.74, 6) is -0.935. The molecule has 11 nitrogen and oxygen atoms in total. The van der Waals surface area contributed by atoms with Gasteiger partial charge in [-0.2, -0.15) is 0 Å². The van der Waals surface area contributed by atoms with Gasteiger partial charge in [0.15, 0.2) is 6.10 Å². The van der Waals surface area contributed by atoms with Crippen LogP contribution in [0.4, 0.5) is 4.79 Å². The van der Waals surface area contributed by atoms with E-state index in [-0.39, 0.29) is 43.3 Å². The van der Waals surface area contributed by atoms with Crippen LogP contribution in [-0.2, 0) is 19.0 Å². The second-order valence-electron chi connectivity index (χ2n) is 16.2. The zero-order valence-corrected chi connectivity index (χ0v) is 31.9. The van der Waals surface area contributed by atoms with Crippen molar-refractivity contribution in [1.29, 1.82) is 0 Å². The fraction of sp³-hybridized carbons (Fsp3) is 0.800. The van der Waals surface area contributed by atoms with Crippen molar-refractivity contribution in [1.82, 2.24) is 9.80 Å². The van der Waals surface area contributed by atoms with Gasteiger partial charge in [-0.25, -0.2) is 4.79 Å². The van der Waals surface area contributed by atoms with Crippen LogP contribution in [0.1, 0.15) is 112 Å². The minimum atomic E-state index is -1.48. The van der Waals surface area contributed by atoms with Gasteiger partial charge in [0.05, 0.1) is 36.4 Å². The minimum Gasteiger partial charge on any atom is -0.457 e. The number of carbonyl (C=O) groups excluding carboxylic acids is 2. The van der Waals surface area contributed by atoms with Gasteiger partial charge in [0.25, 0.3) is 0 Å². The second kappa shape index (κ2) is 18.7. The van der Waals surface area contributed by atoms with Crippen LogP contribution in [0.25, 0.3) is 0 Å². The Labute approximate surface area is 305 Å². The highest BCUT2D eigenvalue weighted by atomic mass is 16.6. The van der Waals surface area contributed by atoms with Crippen molar-refractivity contribution in [3.63, 3.8) is 0 Å². The molecule has 11 heteroatoms. The molecule has 4 aliphatic rings. The van der Waals surface area contributed by atoms with Gasteiger partial charge in [-0.15, -0.1) is 0 Å². The number of piperazine rings is 1. The minimum absolute atomic E-state index is 0.0102. The lowest BCUT2D eigenvalue weighted by Gasteiger charge is -2.40. The standard InChI is InChI=1S/C40H66N2O9/c1-7-32(44)29(4)37-33(49-37)26-39(5,47)19-12-13-27(2)36-28(3)16-17-34(40(6,48)20-18-31(43)25-35(45)51-36)50-38(46)42-23-21-41(22-24-42)30-14-10-8-9-11-15-30/h12-13,16-17,19,28-34,36-37,43-44,47-48H,7-11,14-15,18,20-26H2,1-6H3/b17-16+,19-12+,27-13+/t28-,29+,31+,32-,33+,34-,36?,37?,39-,40+/m0/s1. The average molecular weight is 719 g/mol.